The summed E-state index contributed by atoms with van der Waals surface area (Å²) in [5.74, 6) is 0. The van der Waals surface area contributed by atoms with Crippen molar-refractivity contribution in [2.75, 3.05) is 37.5 Å². The highest BCUT2D eigenvalue weighted by Crippen LogP contribution is 2.14. The summed E-state index contributed by atoms with van der Waals surface area (Å²) in [6, 6.07) is 2.03. The van der Waals surface area contributed by atoms with Gasteiger partial charge in [0.1, 0.15) is 0 Å². The largest absolute Gasteiger partial charge is 0.285 e. The van der Waals surface area contributed by atoms with Gasteiger partial charge < -0.3 is 0 Å². The molecule has 0 radical (unpaired) electrons. The standard InChI is InChI=1S/C11H21N3O4S2/c1-3-4-11(9-12)13-5-7-14(8-6-13)20(17,18)10-19(2,15)16/h11H,3-8,10H2,1-2H3. The molecule has 1 heterocycles. The van der Waals surface area contributed by atoms with Crippen LogP contribution in [-0.2, 0) is 19.9 Å². The predicted octanol–water partition coefficient (Wildman–Crippen LogP) is -0.372. The molecule has 0 aromatic rings. The summed E-state index contributed by atoms with van der Waals surface area (Å²) in [6.07, 6.45) is 2.56. The zero-order chi connectivity index (χ0) is 15.4. The Balaban J connectivity index is 2.65. The Morgan fingerprint density at radius 1 is 1.15 bits per heavy atom. The number of rotatable bonds is 6. The molecule has 116 valence electrons. The third kappa shape index (κ3) is 5.01. The van der Waals surface area contributed by atoms with Crippen LogP contribution in [0.1, 0.15) is 19.8 Å². The highest BCUT2D eigenvalue weighted by Gasteiger charge is 2.31. The summed E-state index contributed by atoms with van der Waals surface area (Å²) < 4.78 is 47.3. The summed E-state index contributed by atoms with van der Waals surface area (Å²) in [7, 11) is -7.34. The minimum Gasteiger partial charge on any atom is -0.285 e. The van der Waals surface area contributed by atoms with E-state index in [1.807, 2.05) is 11.8 Å². The fraction of sp³-hybridized carbons (Fsp3) is 0.909. The van der Waals surface area contributed by atoms with Gasteiger partial charge in [-0.05, 0) is 6.42 Å². The summed E-state index contributed by atoms with van der Waals surface area (Å²) >= 11 is 0. The lowest BCUT2D eigenvalue weighted by atomic mass is 10.1. The van der Waals surface area contributed by atoms with Crippen LogP contribution in [-0.4, -0.2) is 69.6 Å². The number of sulfonamides is 1. The first-order chi connectivity index (χ1) is 9.19. The molecule has 0 aromatic heterocycles. The maximum atomic E-state index is 11.9. The molecule has 0 spiro atoms. The summed E-state index contributed by atoms with van der Waals surface area (Å²) in [5, 5.41) is 8.23. The van der Waals surface area contributed by atoms with Gasteiger partial charge in [0.2, 0.25) is 10.0 Å². The average molecular weight is 323 g/mol. The van der Waals surface area contributed by atoms with Gasteiger partial charge in [0, 0.05) is 32.4 Å². The molecule has 0 saturated carbocycles. The van der Waals surface area contributed by atoms with E-state index in [4.69, 9.17) is 5.26 Å². The van der Waals surface area contributed by atoms with Crippen LogP contribution in [0, 0.1) is 11.3 Å². The zero-order valence-corrected chi connectivity index (χ0v) is 13.5. The summed E-state index contributed by atoms with van der Waals surface area (Å²) in [4.78, 5) is 1.95. The van der Waals surface area contributed by atoms with Crippen molar-refractivity contribution < 1.29 is 16.8 Å². The van der Waals surface area contributed by atoms with E-state index in [1.165, 1.54) is 4.31 Å². The number of piperazine rings is 1. The van der Waals surface area contributed by atoms with Crippen LogP contribution >= 0.6 is 0 Å². The van der Waals surface area contributed by atoms with Crippen LogP contribution in [0.5, 0.6) is 0 Å². The molecule has 0 N–H and O–H groups in total. The number of sulfone groups is 1. The first-order valence-electron chi connectivity index (χ1n) is 6.49. The molecule has 1 atom stereocenters. The quantitative estimate of drug-likeness (QED) is 0.661. The lowest BCUT2D eigenvalue weighted by molar-refractivity contribution is 0.157. The smallest absolute Gasteiger partial charge is 0.228 e. The molecule has 1 unspecified atom stereocenters. The molecule has 1 rings (SSSR count). The van der Waals surface area contributed by atoms with Crippen LogP contribution in [0.25, 0.3) is 0 Å². The van der Waals surface area contributed by atoms with Crippen molar-refractivity contribution in [1.82, 2.24) is 9.21 Å². The second-order valence-electron chi connectivity index (χ2n) is 5.02. The SMILES string of the molecule is CCCC(C#N)N1CCN(S(=O)(=O)CS(C)(=O)=O)CC1. The Bertz CT molecular complexity index is 557. The van der Waals surface area contributed by atoms with E-state index < -0.39 is 24.9 Å². The van der Waals surface area contributed by atoms with Crippen molar-refractivity contribution in [3.8, 4) is 6.07 Å². The topological polar surface area (TPSA) is 98.5 Å². The fourth-order valence-electron chi connectivity index (χ4n) is 2.24. The average Bonchev–Trinajstić information content (AvgIpc) is 2.33. The van der Waals surface area contributed by atoms with Gasteiger partial charge >= 0.3 is 0 Å². The van der Waals surface area contributed by atoms with E-state index >= 15 is 0 Å². The predicted molar refractivity (Wildman–Crippen MR) is 76.1 cm³/mol. The first-order valence-corrected chi connectivity index (χ1v) is 10.2. The monoisotopic (exact) mass is 323 g/mol. The van der Waals surface area contributed by atoms with Crippen molar-refractivity contribution >= 4 is 19.9 Å². The Morgan fingerprint density at radius 2 is 1.70 bits per heavy atom. The van der Waals surface area contributed by atoms with E-state index in [-0.39, 0.29) is 19.1 Å². The molecule has 1 saturated heterocycles. The lowest BCUT2D eigenvalue weighted by Gasteiger charge is -2.36. The van der Waals surface area contributed by atoms with Crippen molar-refractivity contribution in [1.29, 1.82) is 5.26 Å². The van der Waals surface area contributed by atoms with Gasteiger partial charge in [-0.3, -0.25) is 4.90 Å². The third-order valence-electron chi connectivity index (χ3n) is 3.18. The van der Waals surface area contributed by atoms with Crippen LogP contribution in [0.3, 0.4) is 0 Å². The van der Waals surface area contributed by atoms with Gasteiger partial charge in [-0.25, -0.2) is 16.8 Å². The Hall–Kier alpha value is -0.690. The highest BCUT2D eigenvalue weighted by atomic mass is 32.3. The Kier molecular flexibility index (Phi) is 5.94. The molecule has 0 aromatic carbocycles. The maximum absolute atomic E-state index is 11.9. The van der Waals surface area contributed by atoms with Crippen LogP contribution in [0.4, 0.5) is 0 Å². The third-order valence-corrected chi connectivity index (χ3v) is 7.24. The second kappa shape index (κ2) is 6.85. The fourth-order valence-corrected chi connectivity index (χ4v) is 5.72. The van der Waals surface area contributed by atoms with E-state index in [9.17, 15) is 16.8 Å². The molecule has 0 bridgehead atoms. The highest BCUT2D eigenvalue weighted by molar-refractivity contribution is 8.06. The van der Waals surface area contributed by atoms with E-state index in [0.29, 0.717) is 13.1 Å². The van der Waals surface area contributed by atoms with E-state index in [1.54, 1.807) is 0 Å². The Morgan fingerprint density at radius 3 is 2.10 bits per heavy atom. The molecule has 1 aliphatic heterocycles. The lowest BCUT2D eigenvalue weighted by Crippen LogP contribution is -2.52. The molecule has 1 fully saturated rings. The summed E-state index contributed by atoms with van der Waals surface area (Å²) in [6.45, 7) is 3.39. The maximum Gasteiger partial charge on any atom is 0.228 e. The van der Waals surface area contributed by atoms with Crippen LogP contribution < -0.4 is 0 Å². The van der Waals surface area contributed by atoms with E-state index in [2.05, 4.69) is 6.07 Å². The minimum absolute atomic E-state index is 0.195. The van der Waals surface area contributed by atoms with Gasteiger partial charge in [0.05, 0.1) is 12.1 Å². The number of nitrogens with zero attached hydrogens (tertiary/aromatic N) is 3. The Labute approximate surface area is 121 Å². The van der Waals surface area contributed by atoms with Crippen molar-refractivity contribution in [3.63, 3.8) is 0 Å². The van der Waals surface area contributed by atoms with Gasteiger partial charge in [0.25, 0.3) is 0 Å². The van der Waals surface area contributed by atoms with Gasteiger partial charge in [0.15, 0.2) is 14.9 Å². The molecule has 9 heteroatoms. The van der Waals surface area contributed by atoms with Crippen molar-refractivity contribution in [2.24, 2.45) is 0 Å². The van der Waals surface area contributed by atoms with E-state index in [0.717, 1.165) is 19.1 Å². The minimum atomic E-state index is -3.77. The van der Waals surface area contributed by atoms with Crippen molar-refractivity contribution in [2.45, 2.75) is 25.8 Å². The van der Waals surface area contributed by atoms with Gasteiger partial charge in [-0.1, -0.05) is 13.3 Å². The molecule has 0 aliphatic carbocycles. The zero-order valence-electron chi connectivity index (χ0n) is 11.8. The van der Waals surface area contributed by atoms with Gasteiger partial charge in [-0.15, -0.1) is 0 Å². The normalized spacial score (nSPS) is 20.4. The molecule has 0 amide bonds. The van der Waals surface area contributed by atoms with Crippen LogP contribution in [0.2, 0.25) is 0 Å². The number of nitriles is 1. The second-order valence-corrected chi connectivity index (χ2v) is 9.50. The number of hydrogen-bond donors (Lipinski definition) is 0. The van der Waals surface area contributed by atoms with Gasteiger partial charge in [-0.2, -0.15) is 9.57 Å². The molecular weight excluding hydrogens is 302 g/mol. The molecule has 7 nitrogen and oxygen atoms in total. The summed E-state index contributed by atoms with van der Waals surface area (Å²) in [5.41, 5.74) is 0. The molecule has 1 aliphatic rings. The van der Waals surface area contributed by atoms with Crippen LogP contribution in [0.15, 0.2) is 0 Å². The first kappa shape index (κ1) is 17.4. The molecular formula is C11H21N3O4S2. The van der Waals surface area contributed by atoms with Crippen molar-refractivity contribution in [3.05, 3.63) is 0 Å². The number of hydrogen-bond acceptors (Lipinski definition) is 6. The molecule has 20 heavy (non-hydrogen) atoms.